The zero-order valence-electron chi connectivity index (χ0n) is 24.3. The fourth-order valence-corrected chi connectivity index (χ4v) is 3.77. The van der Waals surface area contributed by atoms with Gasteiger partial charge in [0.25, 0.3) is 0 Å². The Morgan fingerprint density at radius 1 is 0.756 bits per heavy atom. The largest absolute Gasteiger partial charge is 0.464 e. The van der Waals surface area contributed by atoms with Gasteiger partial charge in [0.05, 0.1) is 0 Å². The maximum absolute atomic E-state index is 12.3. The van der Waals surface area contributed by atoms with Crippen LogP contribution in [0.1, 0.15) is 62.8 Å². The fraction of sp³-hybridized carbons (Fsp3) is 0.333. The first-order valence-corrected chi connectivity index (χ1v) is 13.4. The number of hydrogen-bond acceptors (Lipinski definition) is 8. The van der Waals surface area contributed by atoms with E-state index in [9.17, 15) is 19.8 Å². The summed E-state index contributed by atoms with van der Waals surface area (Å²) >= 11 is 0. The SMILES string of the molecule is C=CCc1c(OC(=O)C(=C)C)ccc(Cc2ccc(OC(=O)C(=C)C)c(CC=C)c2OC(O)CC)c1OC(O)CC. The standard InChI is InChI=1S/C33H40O8/c1-9-13-24-26(38-32(36)20(5)6)17-15-22(30(24)40-28(34)11-3)19-23-16-18-27(39-33(37)21(7)8)25(14-10-2)31(23)41-29(35)12-4/h9-10,15-18,28-29,34-35H,1-2,5,7,11-14,19H2,3-4,6,8H3. The quantitative estimate of drug-likeness (QED) is 0.0851. The predicted molar refractivity (Wildman–Crippen MR) is 158 cm³/mol. The summed E-state index contributed by atoms with van der Waals surface area (Å²) in [6.45, 7) is 21.6. The van der Waals surface area contributed by atoms with Crippen LogP contribution in [0.15, 0.2) is 73.9 Å². The molecule has 0 aliphatic rings. The average Bonchev–Trinajstić information content (AvgIpc) is 2.93. The zero-order valence-corrected chi connectivity index (χ0v) is 24.3. The molecule has 0 fully saturated rings. The molecule has 0 radical (unpaired) electrons. The molecule has 0 bridgehead atoms. The second-order valence-electron chi connectivity index (χ2n) is 9.52. The summed E-state index contributed by atoms with van der Waals surface area (Å²) < 4.78 is 23.1. The van der Waals surface area contributed by atoms with Crippen molar-refractivity contribution in [1.29, 1.82) is 0 Å². The van der Waals surface area contributed by atoms with Gasteiger partial charge < -0.3 is 29.2 Å². The van der Waals surface area contributed by atoms with Gasteiger partial charge >= 0.3 is 11.9 Å². The lowest BCUT2D eigenvalue weighted by atomic mass is 9.95. The lowest BCUT2D eigenvalue weighted by Gasteiger charge is -2.23. The van der Waals surface area contributed by atoms with Gasteiger partial charge in [-0.2, -0.15) is 0 Å². The van der Waals surface area contributed by atoms with E-state index in [4.69, 9.17) is 18.9 Å². The van der Waals surface area contributed by atoms with Crippen LogP contribution in [0.25, 0.3) is 0 Å². The molecule has 2 unspecified atom stereocenters. The molecule has 2 atom stereocenters. The molecule has 0 saturated carbocycles. The van der Waals surface area contributed by atoms with E-state index in [1.165, 1.54) is 0 Å². The Balaban J connectivity index is 2.77. The fourth-order valence-electron chi connectivity index (χ4n) is 3.77. The molecule has 0 aromatic heterocycles. The van der Waals surface area contributed by atoms with Crippen molar-refractivity contribution in [3.05, 3.63) is 96.1 Å². The molecule has 8 heteroatoms. The van der Waals surface area contributed by atoms with Crippen molar-refractivity contribution < 1.29 is 38.7 Å². The molecule has 8 nitrogen and oxygen atoms in total. The zero-order chi connectivity index (χ0) is 30.7. The Morgan fingerprint density at radius 3 is 1.41 bits per heavy atom. The van der Waals surface area contributed by atoms with Gasteiger partial charge in [0, 0.05) is 41.5 Å². The molecule has 41 heavy (non-hydrogen) atoms. The van der Waals surface area contributed by atoms with Crippen molar-refractivity contribution in [3.8, 4) is 23.0 Å². The Hall–Kier alpha value is -4.14. The van der Waals surface area contributed by atoms with Gasteiger partial charge in [0.2, 0.25) is 0 Å². The number of carbonyl (C=O) groups is 2. The third-order valence-electron chi connectivity index (χ3n) is 5.98. The highest BCUT2D eigenvalue weighted by Crippen LogP contribution is 2.40. The highest BCUT2D eigenvalue weighted by atomic mass is 16.6. The summed E-state index contributed by atoms with van der Waals surface area (Å²) in [5.41, 5.74) is 2.80. The van der Waals surface area contributed by atoms with E-state index in [1.807, 2.05) is 0 Å². The molecule has 0 aliphatic heterocycles. The topological polar surface area (TPSA) is 112 Å². The molecular weight excluding hydrogens is 524 g/mol. The number of ether oxygens (including phenoxy) is 4. The van der Waals surface area contributed by atoms with E-state index in [0.717, 1.165) is 0 Å². The van der Waals surface area contributed by atoms with Crippen molar-refractivity contribution in [2.75, 3.05) is 0 Å². The molecule has 0 aliphatic carbocycles. The number of benzene rings is 2. The Labute approximate surface area is 242 Å². The summed E-state index contributed by atoms with van der Waals surface area (Å²) in [7, 11) is 0. The van der Waals surface area contributed by atoms with Crippen molar-refractivity contribution in [2.24, 2.45) is 0 Å². The second-order valence-corrected chi connectivity index (χ2v) is 9.52. The van der Waals surface area contributed by atoms with Gasteiger partial charge in [0.15, 0.2) is 12.6 Å². The smallest absolute Gasteiger partial charge is 0.338 e. The summed E-state index contributed by atoms with van der Waals surface area (Å²) in [4.78, 5) is 24.7. The van der Waals surface area contributed by atoms with Crippen molar-refractivity contribution in [2.45, 2.75) is 72.4 Å². The van der Waals surface area contributed by atoms with Gasteiger partial charge in [-0.1, -0.05) is 51.3 Å². The highest BCUT2D eigenvalue weighted by Gasteiger charge is 2.24. The first-order chi connectivity index (χ1) is 19.5. The molecule has 2 N–H and O–H groups in total. The Kier molecular flexibility index (Phi) is 12.6. The lowest BCUT2D eigenvalue weighted by molar-refractivity contribution is -0.131. The van der Waals surface area contributed by atoms with Crippen LogP contribution in [0.2, 0.25) is 0 Å². The minimum atomic E-state index is -1.12. The number of aliphatic hydroxyl groups is 2. The van der Waals surface area contributed by atoms with Crippen LogP contribution in [-0.4, -0.2) is 34.7 Å². The molecule has 0 saturated heterocycles. The minimum Gasteiger partial charge on any atom is -0.464 e. The maximum atomic E-state index is 12.3. The van der Waals surface area contributed by atoms with Crippen LogP contribution in [0, 0.1) is 0 Å². The molecule has 220 valence electrons. The van der Waals surface area contributed by atoms with E-state index in [0.29, 0.717) is 46.6 Å². The van der Waals surface area contributed by atoms with E-state index >= 15 is 0 Å². The minimum absolute atomic E-state index is 0.230. The molecular formula is C33H40O8. The van der Waals surface area contributed by atoms with Gasteiger partial charge in [-0.3, -0.25) is 0 Å². The average molecular weight is 565 g/mol. The molecule has 2 rings (SSSR count). The number of rotatable bonds is 16. The number of carbonyl (C=O) groups excluding carboxylic acids is 2. The number of allylic oxidation sites excluding steroid dienone is 2. The molecule has 2 aromatic rings. The van der Waals surface area contributed by atoms with Crippen molar-refractivity contribution in [3.63, 3.8) is 0 Å². The first kappa shape index (κ1) is 33.1. The van der Waals surface area contributed by atoms with Gasteiger partial charge in [-0.05, 0) is 49.9 Å². The van der Waals surface area contributed by atoms with Crippen molar-refractivity contribution >= 4 is 11.9 Å². The lowest BCUT2D eigenvalue weighted by Crippen LogP contribution is -2.19. The summed E-state index contributed by atoms with van der Waals surface area (Å²) in [6, 6.07) is 6.76. The Morgan fingerprint density at radius 2 is 1.12 bits per heavy atom. The van der Waals surface area contributed by atoms with Crippen LogP contribution in [0.3, 0.4) is 0 Å². The third kappa shape index (κ3) is 8.93. The van der Waals surface area contributed by atoms with E-state index in [-0.39, 0.29) is 41.9 Å². The second kappa shape index (κ2) is 15.6. The van der Waals surface area contributed by atoms with E-state index < -0.39 is 24.5 Å². The number of hydrogen-bond donors (Lipinski definition) is 2. The monoisotopic (exact) mass is 564 g/mol. The molecule has 2 aromatic carbocycles. The summed E-state index contributed by atoms with van der Waals surface area (Å²) in [5.74, 6) is -0.0152. The maximum Gasteiger partial charge on any atom is 0.338 e. The molecule has 0 amide bonds. The van der Waals surface area contributed by atoms with Gasteiger partial charge in [0.1, 0.15) is 23.0 Å². The van der Waals surface area contributed by atoms with E-state index in [2.05, 4.69) is 26.3 Å². The van der Waals surface area contributed by atoms with Crippen LogP contribution >= 0.6 is 0 Å². The third-order valence-corrected chi connectivity index (χ3v) is 5.98. The van der Waals surface area contributed by atoms with E-state index in [1.54, 1.807) is 64.1 Å². The number of aliphatic hydroxyl groups excluding tert-OH is 2. The van der Waals surface area contributed by atoms with Crippen LogP contribution in [0.5, 0.6) is 23.0 Å². The number of esters is 2. The Bertz CT molecular complexity index is 1210. The van der Waals surface area contributed by atoms with Crippen molar-refractivity contribution in [1.82, 2.24) is 0 Å². The first-order valence-electron chi connectivity index (χ1n) is 13.4. The molecule has 0 heterocycles. The summed E-state index contributed by atoms with van der Waals surface area (Å²) in [5, 5.41) is 20.9. The highest BCUT2D eigenvalue weighted by molar-refractivity contribution is 5.89. The predicted octanol–water partition coefficient (Wildman–Crippen LogP) is 5.91. The molecule has 0 spiro atoms. The van der Waals surface area contributed by atoms with Crippen LogP contribution in [-0.2, 0) is 28.9 Å². The van der Waals surface area contributed by atoms with Gasteiger partial charge in [-0.25, -0.2) is 9.59 Å². The van der Waals surface area contributed by atoms with Gasteiger partial charge in [-0.15, -0.1) is 13.2 Å². The normalized spacial score (nSPS) is 12.0. The van der Waals surface area contributed by atoms with Crippen LogP contribution < -0.4 is 18.9 Å². The summed E-state index contributed by atoms with van der Waals surface area (Å²) in [6.07, 6.45) is 2.46. The van der Waals surface area contributed by atoms with Crippen LogP contribution in [0.4, 0.5) is 0 Å².